The number of carbonyl (C=O) groups excluding carboxylic acids is 1. The molecule has 3 rings (SSSR count). The fraction of sp³-hybridized carbons (Fsp3) is 0.667. The number of hydrogen-bond donors (Lipinski definition) is 1. The van der Waals surface area contributed by atoms with Crippen molar-refractivity contribution in [2.45, 2.75) is 25.9 Å². The highest BCUT2D eigenvalue weighted by Gasteiger charge is 2.38. The van der Waals surface area contributed by atoms with Crippen molar-refractivity contribution in [2.24, 2.45) is 5.41 Å². The average Bonchev–Trinajstić information content (AvgIpc) is 3.05. The van der Waals surface area contributed by atoms with E-state index in [1.165, 1.54) is 17.7 Å². The van der Waals surface area contributed by atoms with Crippen molar-refractivity contribution in [2.75, 3.05) is 33.2 Å². The maximum Gasteiger partial charge on any atom is 0.238 e. The summed E-state index contributed by atoms with van der Waals surface area (Å²) in [7, 11) is 2.18. The first kappa shape index (κ1) is 14.0. The van der Waals surface area contributed by atoms with Crippen LogP contribution in [0.4, 0.5) is 0 Å². The second-order valence-corrected chi connectivity index (χ2v) is 7.41. The summed E-state index contributed by atoms with van der Waals surface area (Å²) in [5, 5.41) is 5.43. The quantitative estimate of drug-likeness (QED) is 0.925. The Morgan fingerprint density at radius 3 is 2.85 bits per heavy atom. The molecule has 4 nitrogen and oxygen atoms in total. The van der Waals surface area contributed by atoms with Gasteiger partial charge >= 0.3 is 0 Å². The number of carbonyl (C=O) groups is 1. The molecule has 5 heteroatoms. The van der Waals surface area contributed by atoms with Gasteiger partial charge in [-0.1, -0.05) is 13.0 Å². The van der Waals surface area contributed by atoms with Gasteiger partial charge in [0.25, 0.3) is 0 Å². The molecule has 2 aliphatic heterocycles. The summed E-state index contributed by atoms with van der Waals surface area (Å²) in [4.78, 5) is 17.9. The van der Waals surface area contributed by atoms with Crippen LogP contribution in [0.3, 0.4) is 0 Å². The number of nitrogens with one attached hydrogen (secondary N) is 1. The Hall–Kier alpha value is -0.910. The van der Waals surface area contributed by atoms with Crippen molar-refractivity contribution >= 4 is 17.2 Å². The van der Waals surface area contributed by atoms with E-state index in [1.807, 2.05) is 0 Å². The topological polar surface area (TPSA) is 35.6 Å². The molecule has 0 saturated carbocycles. The van der Waals surface area contributed by atoms with E-state index < -0.39 is 0 Å². The molecule has 1 aromatic rings. The van der Waals surface area contributed by atoms with Crippen LogP contribution < -0.4 is 5.32 Å². The predicted octanol–water partition coefficient (Wildman–Crippen LogP) is 1.91. The number of thiophene rings is 1. The average molecular weight is 293 g/mol. The zero-order chi connectivity index (χ0) is 14.2. The van der Waals surface area contributed by atoms with Gasteiger partial charge in [0.1, 0.15) is 6.17 Å². The Morgan fingerprint density at radius 2 is 2.20 bits per heavy atom. The van der Waals surface area contributed by atoms with Gasteiger partial charge in [0.05, 0.1) is 6.54 Å². The largest absolute Gasteiger partial charge is 0.320 e. The third kappa shape index (κ3) is 2.75. The van der Waals surface area contributed by atoms with Crippen LogP contribution in [-0.2, 0) is 4.79 Å². The van der Waals surface area contributed by atoms with Crippen molar-refractivity contribution in [3.8, 4) is 0 Å². The monoisotopic (exact) mass is 293 g/mol. The highest BCUT2D eigenvalue weighted by Crippen LogP contribution is 2.35. The molecule has 0 spiro atoms. The molecule has 0 radical (unpaired) electrons. The van der Waals surface area contributed by atoms with Crippen molar-refractivity contribution in [3.05, 3.63) is 22.4 Å². The lowest BCUT2D eigenvalue weighted by molar-refractivity contribution is -0.130. The van der Waals surface area contributed by atoms with Crippen LogP contribution in [0.2, 0.25) is 0 Å². The van der Waals surface area contributed by atoms with E-state index >= 15 is 0 Å². The van der Waals surface area contributed by atoms with Gasteiger partial charge in [-0.25, -0.2) is 0 Å². The second-order valence-electron chi connectivity index (χ2n) is 6.43. The van der Waals surface area contributed by atoms with E-state index in [4.69, 9.17) is 0 Å². The number of hydrogen-bond acceptors (Lipinski definition) is 4. The summed E-state index contributed by atoms with van der Waals surface area (Å²) in [5.41, 5.74) is 0.254. The Morgan fingerprint density at radius 1 is 1.45 bits per heavy atom. The molecule has 2 aliphatic rings. The zero-order valence-corrected chi connectivity index (χ0v) is 13.1. The summed E-state index contributed by atoms with van der Waals surface area (Å²) >= 11 is 1.72. The lowest BCUT2D eigenvalue weighted by Crippen LogP contribution is -2.45. The highest BCUT2D eigenvalue weighted by molar-refractivity contribution is 7.10. The van der Waals surface area contributed by atoms with Gasteiger partial charge in [-0.15, -0.1) is 11.3 Å². The predicted molar refractivity (Wildman–Crippen MR) is 81.6 cm³/mol. The van der Waals surface area contributed by atoms with Gasteiger partial charge < -0.3 is 9.80 Å². The van der Waals surface area contributed by atoms with Crippen LogP contribution in [0.5, 0.6) is 0 Å². The van der Waals surface area contributed by atoms with Gasteiger partial charge in [0, 0.05) is 11.4 Å². The molecular weight excluding hydrogens is 270 g/mol. The maximum absolute atomic E-state index is 12.2. The Balaban J connectivity index is 1.72. The highest BCUT2D eigenvalue weighted by atomic mass is 32.1. The van der Waals surface area contributed by atoms with Crippen LogP contribution in [0.25, 0.3) is 0 Å². The lowest BCUT2D eigenvalue weighted by atomic mass is 9.80. The fourth-order valence-electron chi connectivity index (χ4n) is 3.15. The van der Waals surface area contributed by atoms with Crippen molar-refractivity contribution < 1.29 is 4.79 Å². The van der Waals surface area contributed by atoms with Crippen molar-refractivity contribution in [3.63, 3.8) is 0 Å². The molecule has 0 aromatic carbocycles. The van der Waals surface area contributed by atoms with E-state index in [1.54, 1.807) is 11.3 Å². The summed E-state index contributed by atoms with van der Waals surface area (Å²) in [6, 6.07) is 4.17. The molecule has 3 heterocycles. The van der Waals surface area contributed by atoms with Crippen LogP contribution in [-0.4, -0.2) is 48.9 Å². The number of nitrogens with zero attached hydrogens (tertiary/aromatic N) is 2. The van der Waals surface area contributed by atoms with E-state index in [0.717, 1.165) is 19.6 Å². The van der Waals surface area contributed by atoms with Gasteiger partial charge in [0.15, 0.2) is 0 Å². The van der Waals surface area contributed by atoms with Gasteiger partial charge in [-0.3, -0.25) is 10.1 Å². The third-order valence-corrected chi connectivity index (χ3v) is 5.56. The van der Waals surface area contributed by atoms with Crippen molar-refractivity contribution in [1.29, 1.82) is 0 Å². The molecule has 1 unspecified atom stereocenters. The van der Waals surface area contributed by atoms with E-state index in [9.17, 15) is 4.79 Å². The normalized spacial score (nSPS) is 27.2. The summed E-state index contributed by atoms with van der Waals surface area (Å²) in [6.45, 7) is 5.94. The van der Waals surface area contributed by atoms with Crippen molar-refractivity contribution in [1.82, 2.24) is 15.1 Å². The number of amides is 1. The first-order valence-electron chi connectivity index (χ1n) is 7.32. The van der Waals surface area contributed by atoms with Crippen LogP contribution >= 0.6 is 11.3 Å². The molecule has 1 amide bonds. The molecule has 1 N–H and O–H groups in total. The lowest BCUT2D eigenvalue weighted by Gasteiger charge is -2.41. The van der Waals surface area contributed by atoms with Crippen LogP contribution in [0, 0.1) is 5.41 Å². The third-order valence-electron chi connectivity index (χ3n) is 4.64. The molecule has 0 aliphatic carbocycles. The van der Waals surface area contributed by atoms with Crippen LogP contribution in [0.15, 0.2) is 17.5 Å². The molecule has 20 heavy (non-hydrogen) atoms. The van der Waals surface area contributed by atoms with Gasteiger partial charge in [-0.05, 0) is 49.8 Å². The first-order valence-corrected chi connectivity index (χ1v) is 8.20. The summed E-state index contributed by atoms with van der Waals surface area (Å²) < 4.78 is 0. The molecule has 2 saturated heterocycles. The Kier molecular flexibility index (Phi) is 3.84. The molecule has 0 bridgehead atoms. The zero-order valence-electron chi connectivity index (χ0n) is 12.3. The number of rotatable bonds is 3. The molecular formula is C15H23N3OS. The van der Waals surface area contributed by atoms with E-state index in [-0.39, 0.29) is 17.5 Å². The number of piperidine rings is 1. The minimum absolute atomic E-state index is 0.0824. The van der Waals surface area contributed by atoms with E-state index in [2.05, 4.69) is 46.6 Å². The maximum atomic E-state index is 12.2. The molecule has 1 atom stereocenters. The smallest absolute Gasteiger partial charge is 0.238 e. The molecule has 1 aromatic heterocycles. The standard InChI is InChI=1S/C15H23N3OS/c1-15(5-7-17(2)8-6-15)11-18-13(19)10-16-14(18)12-4-3-9-20-12/h3-4,9,14,16H,5-8,10-11H2,1-2H3. The Labute approximate surface area is 124 Å². The van der Waals surface area contributed by atoms with Gasteiger partial charge in [0.2, 0.25) is 5.91 Å². The molecule has 2 fully saturated rings. The van der Waals surface area contributed by atoms with Gasteiger partial charge in [-0.2, -0.15) is 0 Å². The SMILES string of the molecule is CN1CCC(C)(CN2C(=O)CNC2c2cccs2)CC1. The Bertz CT molecular complexity index is 465. The summed E-state index contributed by atoms with van der Waals surface area (Å²) in [5.74, 6) is 0.239. The first-order chi connectivity index (χ1) is 9.57. The minimum Gasteiger partial charge on any atom is -0.320 e. The molecule has 110 valence electrons. The fourth-order valence-corrected chi connectivity index (χ4v) is 3.96. The van der Waals surface area contributed by atoms with Crippen LogP contribution in [0.1, 0.15) is 30.8 Å². The summed E-state index contributed by atoms with van der Waals surface area (Å²) in [6.07, 6.45) is 2.42. The minimum atomic E-state index is 0.0824. The second kappa shape index (κ2) is 5.47. The van der Waals surface area contributed by atoms with E-state index in [0.29, 0.717) is 6.54 Å². The number of likely N-dealkylation sites (tertiary alicyclic amines) is 1.